The first-order chi connectivity index (χ1) is 9.00. The zero-order valence-corrected chi connectivity index (χ0v) is 13.2. The normalized spacial score (nSPS) is 21.7. The lowest BCUT2D eigenvalue weighted by molar-refractivity contribution is -0.140. The lowest BCUT2D eigenvalue weighted by Gasteiger charge is -2.37. The Labute approximate surface area is 120 Å². The highest BCUT2D eigenvalue weighted by molar-refractivity contribution is 7.09. The SMILES string of the molecule is Cc1csc(C2CCCCN2C(=O)C(C)C(C)C)n1. The van der Waals surface area contributed by atoms with Crippen LogP contribution in [-0.2, 0) is 4.79 Å². The molecule has 0 spiro atoms. The Morgan fingerprint density at radius 3 is 2.74 bits per heavy atom. The predicted molar refractivity (Wildman–Crippen MR) is 79.2 cm³/mol. The number of thiazole rings is 1. The quantitative estimate of drug-likeness (QED) is 0.844. The van der Waals surface area contributed by atoms with Crippen LogP contribution in [0, 0.1) is 18.8 Å². The molecule has 2 rings (SSSR count). The molecule has 1 aromatic heterocycles. The minimum atomic E-state index is 0.0988. The summed E-state index contributed by atoms with van der Waals surface area (Å²) in [6.07, 6.45) is 3.38. The van der Waals surface area contributed by atoms with Crippen LogP contribution < -0.4 is 0 Å². The third-order valence-electron chi connectivity index (χ3n) is 4.10. The summed E-state index contributed by atoms with van der Waals surface area (Å²) < 4.78 is 0. The van der Waals surface area contributed by atoms with E-state index < -0.39 is 0 Å². The van der Waals surface area contributed by atoms with Crippen LogP contribution in [0.15, 0.2) is 5.38 Å². The van der Waals surface area contributed by atoms with Gasteiger partial charge in [0.05, 0.1) is 6.04 Å². The number of nitrogens with zero attached hydrogens (tertiary/aromatic N) is 2. The lowest BCUT2D eigenvalue weighted by atomic mass is 9.93. The van der Waals surface area contributed by atoms with Gasteiger partial charge in [0.1, 0.15) is 5.01 Å². The molecule has 1 aromatic rings. The summed E-state index contributed by atoms with van der Waals surface area (Å²) in [6, 6.07) is 0.209. The molecule has 0 N–H and O–H groups in total. The molecule has 0 bridgehead atoms. The van der Waals surface area contributed by atoms with E-state index in [0.717, 1.165) is 30.1 Å². The number of rotatable bonds is 3. The maximum absolute atomic E-state index is 12.6. The highest BCUT2D eigenvalue weighted by Gasteiger charge is 2.32. The monoisotopic (exact) mass is 280 g/mol. The standard InChI is InChI=1S/C15H24N2OS/c1-10(2)12(4)15(18)17-8-6-5-7-13(17)14-16-11(3)9-19-14/h9-10,12-13H,5-8H2,1-4H3. The van der Waals surface area contributed by atoms with Gasteiger partial charge in [-0.15, -0.1) is 11.3 Å². The third-order valence-corrected chi connectivity index (χ3v) is 5.16. The molecule has 2 heterocycles. The molecule has 1 aliphatic heterocycles. The minimum Gasteiger partial charge on any atom is -0.333 e. The summed E-state index contributed by atoms with van der Waals surface area (Å²) in [7, 11) is 0. The number of hydrogen-bond acceptors (Lipinski definition) is 3. The van der Waals surface area contributed by atoms with Gasteiger partial charge in [-0.1, -0.05) is 20.8 Å². The second-order valence-corrected chi connectivity index (χ2v) is 6.79. The molecule has 1 saturated heterocycles. The Bertz CT molecular complexity index is 441. The average Bonchev–Trinajstić information content (AvgIpc) is 2.83. The van der Waals surface area contributed by atoms with Gasteiger partial charge in [0, 0.05) is 23.5 Å². The van der Waals surface area contributed by atoms with Crippen molar-refractivity contribution < 1.29 is 4.79 Å². The van der Waals surface area contributed by atoms with Crippen LogP contribution in [0.5, 0.6) is 0 Å². The van der Waals surface area contributed by atoms with Crippen LogP contribution in [0.1, 0.15) is 56.8 Å². The number of piperidine rings is 1. The van der Waals surface area contributed by atoms with Gasteiger partial charge in [0.25, 0.3) is 0 Å². The lowest BCUT2D eigenvalue weighted by Crippen LogP contribution is -2.42. The molecule has 1 aliphatic rings. The first-order valence-electron chi connectivity index (χ1n) is 7.23. The van der Waals surface area contributed by atoms with E-state index in [2.05, 4.69) is 29.1 Å². The fourth-order valence-electron chi connectivity index (χ4n) is 2.52. The van der Waals surface area contributed by atoms with E-state index in [1.165, 1.54) is 6.42 Å². The molecule has 19 heavy (non-hydrogen) atoms. The molecule has 1 fully saturated rings. The first kappa shape index (κ1) is 14.5. The minimum absolute atomic E-state index is 0.0988. The largest absolute Gasteiger partial charge is 0.333 e. The Morgan fingerprint density at radius 2 is 2.16 bits per heavy atom. The highest BCUT2D eigenvalue weighted by Crippen LogP contribution is 2.34. The van der Waals surface area contributed by atoms with E-state index in [1.54, 1.807) is 11.3 Å². The molecular weight excluding hydrogens is 256 g/mol. The van der Waals surface area contributed by atoms with Crippen LogP contribution in [0.2, 0.25) is 0 Å². The van der Waals surface area contributed by atoms with Crippen LogP contribution in [0.25, 0.3) is 0 Å². The predicted octanol–water partition coefficient (Wildman–Crippen LogP) is 3.80. The van der Waals surface area contributed by atoms with Crippen molar-refractivity contribution in [1.29, 1.82) is 0 Å². The number of likely N-dealkylation sites (tertiary alicyclic amines) is 1. The number of carbonyl (C=O) groups excluding carboxylic acids is 1. The molecule has 1 amide bonds. The second kappa shape index (κ2) is 6.04. The summed E-state index contributed by atoms with van der Waals surface area (Å²) >= 11 is 1.69. The van der Waals surface area contributed by atoms with Gasteiger partial charge >= 0.3 is 0 Å². The fraction of sp³-hybridized carbons (Fsp3) is 0.733. The molecule has 0 aliphatic carbocycles. The zero-order chi connectivity index (χ0) is 14.0. The van der Waals surface area contributed by atoms with Gasteiger partial charge < -0.3 is 4.90 Å². The molecular formula is C15H24N2OS. The summed E-state index contributed by atoms with van der Waals surface area (Å²) in [5, 5.41) is 3.19. The molecule has 3 nitrogen and oxygen atoms in total. The van der Waals surface area contributed by atoms with Gasteiger partial charge in [0.2, 0.25) is 5.91 Å². The number of aryl methyl sites for hydroxylation is 1. The van der Waals surface area contributed by atoms with Crippen molar-refractivity contribution in [1.82, 2.24) is 9.88 Å². The summed E-state index contributed by atoms with van der Waals surface area (Å²) in [5.74, 6) is 0.794. The Morgan fingerprint density at radius 1 is 1.42 bits per heavy atom. The zero-order valence-electron chi connectivity index (χ0n) is 12.3. The van der Waals surface area contributed by atoms with Crippen molar-refractivity contribution in [3.63, 3.8) is 0 Å². The maximum Gasteiger partial charge on any atom is 0.226 e. The van der Waals surface area contributed by atoms with E-state index in [-0.39, 0.29) is 12.0 Å². The van der Waals surface area contributed by atoms with Crippen LogP contribution >= 0.6 is 11.3 Å². The topological polar surface area (TPSA) is 33.2 Å². The molecule has 4 heteroatoms. The number of amides is 1. The number of hydrogen-bond donors (Lipinski definition) is 0. The van der Waals surface area contributed by atoms with Crippen molar-refractivity contribution >= 4 is 17.2 Å². The fourth-order valence-corrected chi connectivity index (χ4v) is 3.47. The summed E-state index contributed by atoms with van der Waals surface area (Å²) in [4.78, 5) is 19.3. The van der Waals surface area contributed by atoms with Crippen LogP contribution in [0.4, 0.5) is 0 Å². The average molecular weight is 280 g/mol. The molecule has 0 radical (unpaired) electrons. The summed E-state index contributed by atoms with van der Waals surface area (Å²) in [5.41, 5.74) is 1.06. The highest BCUT2D eigenvalue weighted by atomic mass is 32.1. The van der Waals surface area contributed by atoms with E-state index in [4.69, 9.17) is 0 Å². The summed E-state index contributed by atoms with van der Waals surface area (Å²) in [6.45, 7) is 9.20. The smallest absolute Gasteiger partial charge is 0.226 e. The van der Waals surface area contributed by atoms with Gasteiger partial charge in [-0.25, -0.2) is 4.98 Å². The van der Waals surface area contributed by atoms with Gasteiger partial charge in [-0.05, 0) is 32.1 Å². The van der Waals surface area contributed by atoms with Gasteiger partial charge in [0.15, 0.2) is 0 Å². The second-order valence-electron chi connectivity index (χ2n) is 5.90. The molecule has 0 aromatic carbocycles. The number of aromatic nitrogens is 1. The van der Waals surface area contributed by atoms with Crippen LogP contribution in [-0.4, -0.2) is 22.3 Å². The van der Waals surface area contributed by atoms with Gasteiger partial charge in [-0.3, -0.25) is 4.79 Å². The maximum atomic E-state index is 12.6. The Balaban J connectivity index is 2.18. The van der Waals surface area contributed by atoms with Crippen LogP contribution in [0.3, 0.4) is 0 Å². The Kier molecular flexibility index (Phi) is 4.61. The molecule has 0 saturated carbocycles. The van der Waals surface area contributed by atoms with E-state index in [1.807, 2.05) is 13.8 Å². The number of carbonyl (C=O) groups is 1. The van der Waals surface area contributed by atoms with Gasteiger partial charge in [-0.2, -0.15) is 0 Å². The Hall–Kier alpha value is -0.900. The third kappa shape index (κ3) is 3.16. The van der Waals surface area contributed by atoms with Crippen molar-refractivity contribution in [2.75, 3.05) is 6.54 Å². The van der Waals surface area contributed by atoms with E-state index in [0.29, 0.717) is 11.8 Å². The van der Waals surface area contributed by atoms with Crippen molar-refractivity contribution in [2.24, 2.45) is 11.8 Å². The van der Waals surface area contributed by atoms with Crippen molar-refractivity contribution in [2.45, 2.75) is 53.0 Å². The van der Waals surface area contributed by atoms with Crippen molar-refractivity contribution in [3.05, 3.63) is 16.1 Å². The molecule has 2 unspecified atom stereocenters. The molecule has 2 atom stereocenters. The first-order valence-corrected chi connectivity index (χ1v) is 8.11. The van der Waals surface area contributed by atoms with Crippen molar-refractivity contribution in [3.8, 4) is 0 Å². The van der Waals surface area contributed by atoms with E-state index in [9.17, 15) is 4.79 Å². The molecule has 106 valence electrons. The van der Waals surface area contributed by atoms with E-state index >= 15 is 0 Å².